The largest absolute Gasteiger partial charge is 0.411 e. The molecule has 0 rings (SSSR count). The van der Waals surface area contributed by atoms with Crippen LogP contribution in [0.5, 0.6) is 0 Å². The van der Waals surface area contributed by atoms with E-state index < -0.39 is 0 Å². The molecule has 0 bridgehead atoms. The van der Waals surface area contributed by atoms with E-state index in [1.165, 1.54) is 12.4 Å². The Bertz CT molecular complexity index is 88.2. The highest BCUT2D eigenvalue weighted by atomic mass is 16.4. The Kier molecular flexibility index (Phi) is 3.56. The second kappa shape index (κ2) is 4.11. The van der Waals surface area contributed by atoms with E-state index in [0.717, 1.165) is 0 Å². The quantitative estimate of drug-likeness (QED) is 0.314. The second-order valence-corrected chi connectivity index (χ2v) is 1.39. The van der Waals surface area contributed by atoms with E-state index >= 15 is 0 Å². The van der Waals surface area contributed by atoms with Crippen molar-refractivity contribution in [2.24, 2.45) is 16.2 Å². The summed E-state index contributed by atoms with van der Waals surface area (Å²) in [5.74, 6) is -0.120. The van der Waals surface area contributed by atoms with Gasteiger partial charge in [0.2, 0.25) is 0 Å². The number of hydrogen-bond acceptors (Lipinski definition) is 4. The Morgan fingerprint density at radius 1 is 1.25 bits per heavy atom. The molecule has 0 aromatic rings. The van der Waals surface area contributed by atoms with Gasteiger partial charge in [-0.3, -0.25) is 0 Å². The standard InChI is InChI=1S/C4H8N2O2/c1-4(2-5-7)3-6-8/h2-4,7-8H,1H3/b5-2+,6-3+. The summed E-state index contributed by atoms with van der Waals surface area (Å²) in [7, 11) is 0. The molecule has 0 fully saturated rings. The van der Waals surface area contributed by atoms with Gasteiger partial charge >= 0.3 is 0 Å². The molecule has 0 unspecified atom stereocenters. The molecule has 0 aromatic heterocycles. The van der Waals surface area contributed by atoms with Gasteiger partial charge in [-0.1, -0.05) is 6.92 Å². The average Bonchev–Trinajstić information content (AvgIpc) is 1.68. The number of rotatable bonds is 2. The van der Waals surface area contributed by atoms with Crippen LogP contribution in [-0.4, -0.2) is 22.8 Å². The topological polar surface area (TPSA) is 65.2 Å². The van der Waals surface area contributed by atoms with E-state index in [4.69, 9.17) is 10.4 Å². The fraction of sp³-hybridized carbons (Fsp3) is 0.500. The minimum Gasteiger partial charge on any atom is -0.411 e. The Balaban J connectivity index is 3.47. The molecule has 0 atom stereocenters. The summed E-state index contributed by atoms with van der Waals surface area (Å²) in [5.41, 5.74) is 0. The fourth-order valence-electron chi connectivity index (χ4n) is 0.249. The third kappa shape index (κ3) is 3.14. The van der Waals surface area contributed by atoms with Crippen LogP contribution in [0.25, 0.3) is 0 Å². The van der Waals surface area contributed by atoms with Gasteiger partial charge in [0.25, 0.3) is 0 Å². The van der Waals surface area contributed by atoms with E-state index in [0.29, 0.717) is 0 Å². The summed E-state index contributed by atoms with van der Waals surface area (Å²) in [4.78, 5) is 0. The molecule has 2 N–H and O–H groups in total. The molecule has 0 saturated carbocycles. The summed E-state index contributed by atoms with van der Waals surface area (Å²) < 4.78 is 0. The van der Waals surface area contributed by atoms with Crippen molar-refractivity contribution < 1.29 is 10.4 Å². The predicted octanol–water partition coefficient (Wildman–Crippen LogP) is 0.542. The first-order valence-electron chi connectivity index (χ1n) is 2.16. The SMILES string of the molecule is CC(/C=N/O)/C=N/O. The molecule has 4 nitrogen and oxygen atoms in total. The molecule has 0 aliphatic rings. The van der Waals surface area contributed by atoms with Crippen LogP contribution in [0.15, 0.2) is 10.3 Å². The van der Waals surface area contributed by atoms with Gasteiger partial charge in [-0.15, -0.1) is 10.3 Å². The second-order valence-electron chi connectivity index (χ2n) is 1.39. The zero-order valence-electron chi connectivity index (χ0n) is 4.52. The van der Waals surface area contributed by atoms with Crippen molar-refractivity contribution in [3.63, 3.8) is 0 Å². The first-order chi connectivity index (χ1) is 3.81. The molecule has 8 heavy (non-hydrogen) atoms. The van der Waals surface area contributed by atoms with Crippen LogP contribution in [0.4, 0.5) is 0 Å². The van der Waals surface area contributed by atoms with Crippen LogP contribution in [0.2, 0.25) is 0 Å². The molecule has 0 aromatic carbocycles. The Morgan fingerprint density at radius 2 is 1.62 bits per heavy atom. The monoisotopic (exact) mass is 116 g/mol. The highest BCUT2D eigenvalue weighted by molar-refractivity contribution is 5.82. The minimum absolute atomic E-state index is 0.120. The molecule has 4 heteroatoms. The van der Waals surface area contributed by atoms with E-state index in [1.54, 1.807) is 6.92 Å². The van der Waals surface area contributed by atoms with Crippen LogP contribution < -0.4 is 0 Å². The lowest BCUT2D eigenvalue weighted by atomic mass is 10.2. The van der Waals surface area contributed by atoms with Crippen LogP contribution in [-0.2, 0) is 0 Å². The van der Waals surface area contributed by atoms with Gasteiger partial charge in [0.1, 0.15) is 0 Å². The Morgan fingerprint density at radius 3 is 1.88 bits per heavy atom. The maximum atomic E-state index is 7.89. The van der Waals surface area contributed by atoms with Gasteiger partial charge in [-0.05, 0) is 0 Å². The average molecular weight is 116 g/mol. The zero-order chi connectivity index (χ0) is 6.41. The highest BCUT2D eigenvalue weighted by Crippen LogP contribution is 1.81. The maximum absolute atomic E-state index is 7.89. The van der Waals surface area contributed by atoms with Gasteiger partial charge < -0.3 is 10.4 Å². The van der Waals surface area contributed by atoms with Gasteiger partial charge in [0.15, 0.2) is 0 Å². The zero-order valence-corrected chi connectivity index (χ0v) is 4.52. The van der Waals surface area contributed by atoms with Crippen molar-refractivity contribution >= 4 is 12.4 Å². The van der Waals surface area contributed by atoms with Crippen molar-refractivity contribution in [3.05, 3.63) is 0 Å². The summed E-state index contributed by atoms with van der Waals surface area (Å²) in [6.45, 7) is 1.72. The van der Waals surface area contributed by atoms with Crippen LogP contribution >= 0.6 is 0 Å². The third-order valence-electron chi connectivity index (χ3n) is 0.604. The summed E-state index contributed by atoms with van der Waals surface area (Å²) in [6, 6.07) is 0. The summed E-state index contributed by atoms with van der Waals surface area (Å²) in [5, 5.41) is 21.2. The first-order valence-corrected chi connectivity index (χ1v) is 2.16. The lowest BCUT2D eigenvalue weighted by Gasteiger charge is -1.87. The Hall–Kier alpha value is -1.06. The molecule has 0 amide bonds. The number of nitrogens with zero attached hydrogens (tertiary/aromatic N) is 2. The fourth-order valence-corrected chi connectivity index (χ4v) is 0.249. The first kappa shape index (κ1) is 6.94. The molecule has 0 saturated heterocycles. The number of oxime groups is 2. The van der Waals surface area contributed by atoms with Crippen molar-refractivity contribution in [1.82, 2.24) is 0 Å². The smallest absolute Gasteiger partial charge is 0.0518 e. The van der Waals surface area contributed by atoms with Gasteiger partial charge in [-0.2, -0.15) is 0 Å². The van der Waals surface area contributed by atoms with E-state index in [1.807, 2.05) is 0 Å². The summed E-state index contributed by atoms with van der Waals surface area (Å²) >= 11 is 0. The molecule has 0 radical (unpaired) electrons. The lowest BCUT2D eigenvalue weighted by molar-refractivity contribution is 0.316. The summed E-state index contributed by atoms with van der Waals surface area (Å²) in [6.07, 6.45) is 2.50. The van der Waals surface area contributed by atoms with Crippen molar-refractivity contribution in [3.8, 4) is 0 Å². The van der Waals surface area contributed by atoms with Crippen molar-refractivity contribution in [2.75, 3.05) is 0 Å². The minimum atomic E-state index is -0.120. The van der Waals surface area contributed by atoms with Gasteiger partial charge in [-0.25, -0.2) is 0 Å². The number of hydrogen-bond donors (Lipinski definition) is 2. The predicted molar refractivity (Wildman–Crippen MR) is 29.7 cm³/mol. The van der Waals surface area contributed by atoms with Crippen molar-refractivity contribution in [2.45, 2.75) is 6.92 Å². The maximum Gasteiger partial charge on any atom is 0.0518 e. The van der Waals surface area contributed by atoms with E-state index in [9.17, 15) is 0 Å². The third-order valence-corrected chi connectivity index (χ3v) is 0.604. The van der Waals surface area contributed by atoms with Crippen LogP contribution in [0.1, 0.15) is 6.92 Å². The lowest BCUT2D eigenvalue weighted by Crippen LogP contribution is -1.95. The van der Waals surface area contributed by atoms with Crippen molar-refractivity contribution in [1.29, 1.82) is 0 Å². The molecule has 0 spiro atoms. The highest BCUT2D eigenvalue weighted by Gasteiger charge is 1.88. The molecule has 0 heterocycles. The molecule has 46 valence electrons. The van der Waals surface area contributed by atoms with Gasteiger partial charge in [0.05, 0.1) is 12.4 Å². The Labute approximate surface area is 47.1 Å². The van der Waals surface area contributed by atoms with E-state index in [-0.39, 0.29) is 5.92 Å². The molecule has 0 aliphatic heterocycles. The molecule has 0 aliphatic carbocycles. The molecular formula is C4H8N2O2. The normalized spacial score (nSPS) is 12.2. The van der Waals surface area contributed by atoms with Crippen LogP contribution in [0, 0.1) is 5.92 Å². The van der Waals surface area contributed by atoms with Gasteiger partial charge in [0, 0.05) is 5.92 Å². The van der Waals surface area contributed by atoms with E-state index in [2.05, 4.69) is 10.3 Å². The van der Waals surface area contributed by atoms with Crippen LogP contribution in [0.3, 0.4) is 0 Å². The molecular weight excluding hydrogens is 108 g/mol.